The van der Waals surface area contributed by atoms with Crippen LogP contribution in [0.5, 0.6) is 0 Å². The van der Waals surface area contributed by atoms with Gasteiger partial charge in [0.2, 0.25) is 0 Å². The number of nitrogens with zero attached hydrogens (tertiary/aromatic N) is 1. The number of rotatable bonds is 6. The van der Waals surface area contributed by atoms with Gasteiger partial charge in [0.25, 0.3) is 5.91 Å². The fourth-order valence-corrected chi connectivity index (χ4v) is 1.51. The molecule has 6 heteroatoms. The number of aliphatic carboxylic acids is 1. The summed E-state index contributed by atoms with van der Waals surface area (Å²) in [7, 11) is 0. The van der Waals surface area contributed by atoms with Gasteiger partial charge in [-0.15, -0.1) is 0 Å². The van der Waals surface area contributed by atoms with Crippen LogP contribution in [0.1, 0.15) is 23.8 Å². The van der Waals surface area contributed by atoms with E-state index in [0.29, 0.717) is 12.2 Å². The lowest BCUT2D eigenvalue weighted by molar-refractivity contribution is -0.139. The Morgan fingerprint density at radius 3 is 2.76 bits per heavy atom. The van der Waals surface area contributed by atoms with Crippen LogP contribution in [0.3, 0.4) is 0 Å². The topological polar surface area (TPSA) is 91.6 Å². The zero-order valence-corrected chi connectivity index (χ0v) is 9.59. The first-order chi connectivity index (χ1) is 8.10. The van der Waals surface area contributed by atoms with Crippen LogP contribution in [-0.4, -0.2) is 39.3 Å². The van der Waals surface area contributed by atoms with E-state index >= 15 is 0 Å². The van der Waals surface area contributed by atoms with Crippen molar-refractivity contribution in [2.75, 3.05) is 6.61 Å². The standard InChI is InChI=1S/C11H16N2O4/c1-2-13-6-3-4-9(13)10(15)12-8(5-7-14)11(16)17/h3-4,6,8,14H,2,5,7H2,1H3,(H,12,15)(H,16,17). The van der Waals surface area contributed by atoms with Crippen LogP contribution in [0.15, 0.2) is 18.3 Å². The first-order valence-corrected chi connectivity index (χ1v) is 5.39. The second-order valence-corrected chi connectivity index (χ2v) is 3.56. The van der Waals surface area contributed by atoms with Gasteiger partial charge in [-0.2, -0.15) is 0 Å². The molecule has 94 valence electrons. The van der Waals surface area contributed by atoms with Crippen molar-refractivity contribution in [1.82, 2.24) is 9.88 Å². The second-order valence-electron chi connectivity index (χ2n) is 3.56. The summed E-state index contributed by atoms with van der Waals surface area (Å²) in [5, 5.41) is 19.9. The number of hydrogen-bond acceptors (Lipinski definition) is 3. The van der Waals surface area contributed by atoms with Crippen LogP contribution in [0.4, 0.5) is 0 Å². The molecule has 1 unspecified atom stereocenters. The van der Waals surface area contributed by atoms with Crippen LogP contribution in [0.2, 0.25) is 0 Å². The van der Waals surface area contributed by atoms with Gasteiger partial charge in [0, 0.05) is 25.8 Å². The maximum absolute atomic E-state index is 11.8. The predicted octanol–water partition coefficient (Wildman–Crippen LogP) is 0.0734. The molecular weight excluding hydrogens is 224 g/mol. The van der Waals surface area contributed by atoms with Crippen molar-refractivity contribution in [1.29, 1.82) is 0 Å². The smallest absolute Gasteiger partial charge is 0.326 e. The Morgan fingerprint density at radius 1 is 1.53 bits per heavy atom. The molecule has 1 aromatic heterocycles. The van der Waals surface area contributed by atoms with Crippen LogP contribution >= 0.6 is 0 Å². The largest absolute Gasteiger partial charge is 0.480 e. The third-order valence-electron chi connectivity index (χ3n) is 2.42. The second kappa shape index (κ2) is 6.05. The number of carboxylic acid groups (broad SMARTS) is 1. The fourth-order valence-electron chi connectivity index (χ4n) is 1.51. The molecule has 6 nitrogen and oxygen atoms in total. The van der Waals surface area contributed by atoms with Gasteiger partial charge < -0.3 is 20.1 Å². The van der Waals surface area contributed by atoms with Crippen molar-refractivity contribution < 1.29 is 19.8 Å². The number of amides is 1. The zero-order chi connectivity index (χ0) is 12.8. The van der Waals surface area contributed by atoms with E-state index in [1.807, 2.05) is 6.92 Å². The Labute approximate surface area is 98.9 Å². The van der Waals surface area contributed by atoms with Crippen LogP contribution in [0.25, 0.3) is 0 Å². The molecule has 3 N–H and O–H groups in total. The van der Waals surface area contributed by atoms with Crippen molar-refractivity contribution in [3.63, 3.8) is 0 Å². The predicted molar refractivity (Wildman–Crippen MR) is 60.7 cm³/mol. The highest BCUT2D eigenvalue weighted by atomic mass is 16.4. The summed E-state index contributed by atoms with van der Waals surface area (Å²) in [5.74, 6) is -1.60. The summed E-state index contributed by atoms with van der Waals surface area (Å²) in [6.45, 7) is 2.23. The highest BCUT2D eigenvalue weighted by Gasteiger charge is 2.21. The molecule has 0 radical (unpaired) electrons. The quantitative estimate of drug-likeness (QED) is 0.656. The number of aliphatic hydroxyl groups is 1. The van der Waals surface area contributed by atoms with Gasteiger partial charge in [0.1, 0.15) is 11.7 Å². The molecule has 1 aromatic rings. The normalized spacial score (nSPS) is 12.1. The molecule has 0 aliphatic heterocycles. The van der Waals surface area contributed by atoms with Crippen LogP contribution in [-0.2, 0) is 11.3 Å². The Hall–Kier alpha value is -1.82. The van der Waals surface area contributed by atoms with E-state index in [2.05, 4.69) is 5.32 Å². The van der Waals surface area contributed by atoms with Crippen molar-refractivity contribution >= 4 is 11.9 Å². The van der Waals surface area contributed by atoms with E-state index in [0.717, 1.165) is 0 Å². The van der Waals surface area contributed by atoms with Crippen LogP contribution < -0.4 is 5.32 Å². The van der Waals surface area contributed by atoms with E-state index in [9.17, 15) is 9.59 Å². The van der Waals surface area contributed by atoms with E-state index in [-0.39, 0.29) is 13.0 Å². The number of aryl methyl sites for hydroxylation is 1. The Balaban J connectivity index is 2.73. The average molecular weight is 240 g/mol. The number of carboxylic acids is 1. The summed E-state index contributed by atoms with van der Waals surface area (Å²) in [6.07, 6.45) is 1.74. The van der Waals surface area contributed by atoms with Gasteiger partial charge in [-0.25, -0.2) is 4.79 Å². The van der Waals surface area contributed by atoms with Gasteiger partial charge in [0.05, 0.1) is 0 Å². The SMILES string of the molecule is CCn1cccc1C(=O)NC(CCO)C(=O)O. The molecule has 1 rings (SSSR count). The third kappa shape index (κ3) is 3.32. The number of nitrogens with one attached hydrogen (secondary N) is 1. The fraction of sp³-hybridized carbons (Fsp3) is 0.455. The summed E-state index contributed by atoms with van der Waals surface area (Å²) in [5.41, 5.74) is 0.414. The number of aliphatic hydroxyl groups excluding tert-OH is 1. The minimum absolute atomic E-state index is 0.00604. The maximum atomic E-state index is 11.8. The molecule has 0 saturated heterocycles. The number of carbonyl (C=O) groups is 2. The highest BCUT2D eigenvalue weighted by molar-refractivity contribution is 5.95. The summed E-state index contributed by atoms with van der Waals surface area (Å²) in [4.78, 5) is 22.6. The molecule has 0 fully saturated rings. The number of aromatic nitrogens is 1. The summed E-state index contributed by atoms with van der Waals surface area (Å²) in [6, 6.07) is 2.28. The minimum atomic E-state index is -1.15. The molecule has 1 heterocycles. The van der Waals surface area contributed by atoms with Gasteiger partial charge >= 0.3 is 5.97 Å². The van der Waals surface area contributed by atoms with Crippen molar-refractivity contribution in [2.45, 2.75) is 25.9 Å². The lowest BCUT2D eigenvalue weighted by Crippen LogP contribution is -2.42. The lowest BCUT2D eigenvalue weighted by Gasteiger charge is -2.14. The monoisotopic (exact) mass is 240 g/mol. The summed E-state index contributed by atoms with van der Waals surface area (Å²) < 4.78 is 1.72. The lowest BCUT2D eigenvalue weighted by atomic mass is 10.2. The van der Waals surface area contributed by atoms with Gasteiger partial charge in [0.15, 0.2) is 0 Å². The first-order valence-electron chi connectivity index (χ1n) is 5.39. The molecule has 17 heavy (non-hydrogen) atoms. The van der Waals surface area contributed by atoms with E-state index in [1.54, 1.807) is 22.9 Å². The molecule has 0 aliphatic rings. The first kappa shape index (κ1) is 13.2. The number of carbonyl (C=O) groups excluding carboxylic acids is 1. The molecule has 1 amide bonds. The molecule has 0 aliphatic carbocycles. The van der Waals surface area contributed by atoms with Gasteiger partial charge in [-0.1, -0.05) is 0 Å². The average Bonchev–Trinajstić information content (AvgIpc) is 2.76. The molecule has 0 spiro atoms. The molecule has 0 saturated carbocycles. The molecule has 0 bridgehead atoms. The van der Waals surface area contributed by atoms with Crippen molar-refractivity contribution in [3.8, 4) is 0 Å². The van der Waals surface area contributed by atoms with Gasteiger partial charge in [-0.3, -0.25) is 4.79 Å². The van der Waals surface area contributed by atoms with Crippen molar-refractivity contribution in [2.24, 2.45) is 0 Å². The van der Waals surface area contributed by atoms with Gasteiger partial charge in [-0.05, 0) is 19.1 Å². The van der Waals surface area contributed by atoms with E-state index in [1.165, 1.54) is 0 Å². The Kier molecular flexibility index (Phi) is 4.71. The van der Waals surface area contributed by atoms with Crippen molar-refractivity contribution in [3.05, 3.63) is 24.0 Å². The Bertz CT molecular complexity index is 400. The molecular formula is C11H16N2O4. The third-order valence-corrected chi connectivity index (χ3v) is 2.42. The molecule has 1 atom stereocenters. The zero-order valence-electron chi connectivity index (χ0n) is 9.59. The minimum Gasteiger partial charge on any atom is -0.480 e. The van der Waals surface area contributed by atoms with E-state index < -0.39 is 17.9 Å². The van der Waals surface area contributed by atoms with E-state index in [4.69, 9.17) is 10.2 Å². The van der Waals surface area contributed by atoms with Crippen LogP contribution in [0, 0.1) is 0 Å². The Morgan fingerprint density at radius 2 is 2.24 bits per heavy atom. The molecule has 0 aromatic carbocycles. The maximum Gasteiger partial charge on any atom is 0.326 e. The summed E-state index contributed by atoms with van der Waals surface area (Å²) >= 11 is 0. The highest BCUT2D eigenvalue weighted by Crippen LogP contribution is 2.03. The number of hydrogen-bond donors (Lipinski definition) is 3.